The summed E-state index contributed by atoms with van der Waals surface area (Å²) in [7, 11) is 0. The first-order valence-electron chi connectivity index (χ1n) is 5.85. The molecule has 1 saturated carbocycles. The quantitative estimate of drug-likeness (QED) is 0.879. The van der Waals surface area contributed by atoms with Crippen molar-refractivity contribution in [2.45, 2.75) is 46.1 Å². The minimum absolute atomic E-state index is 0.474. The monoisotopic (exact) mass is 239 g/mol. The molecule has 0 radical (unpaired) electrons. The maximum Gasteiger partial charge on any atom is 0.155 e. The largest absolute Gasteiger partial charge is 0.366 e. The van der Waals surface area contributed by atoms with Gasteiger partial charge in [-0.15, -0.1) is 10.2 Å². The summed E-state index contributed by atoms with van der Waals surface area (Å²) in [6, 6.07) is 0.474. The fraction of sp³-hybridized carbons (Fsp3) is 0.667. The molecule has 1 aliphatic carbocycles. The second-order valence-corrected chi connectivity index (χ2v) is 5.07. The Labute approximate surface area is 102 Å². The third kappa shape index (κ3) is 2.14. The van der Waals surface area contributed by atoms with Crippen molar-refractivity contribution in [1.29, 1.82) is 0 Å². The lowest BCUT2D eigenvalue weighted by atomic mass is 9.80. The van der Waals surface area contributed by atoms with Crippen LogP contribution in [0.3, 0.4) is 0 Å². The van der Waals surface area contributed by atoms with Crippen LogP contribution in [-0.4, -0.2) is 16.2 Å². The number of hydrogen-bond acceptors (Lipinski definition) is 3. The van der Waals surface area contributed by atoms with E-state index >= 15 is 0 Å². The van der Waals surface area contributed by atoms with E-state index < -0.39 is 0 Å². The molecule has 16 heavy (non-hydrogen) atoms. The van der Waals surface area contributed by atoms with E-state index in [1.165, 1.54) is 19.3 Å². The van der Waals surface area contributed by atoms with Gasteiger partial charge < -0.3 is 5.32 Å². The van der Waals surface area contributed by atoms with E-state index in [2.05, 4.69) is 22.4 Å². The van der Waals surface area contributed by atoms with Crippen LogP contribution < -0.4 is 5.32 Å². The molecular formula is C12H18ClN3. The zero-order valence-electron chi connectivity index (χ0n) is 10.0. The molecule has 0 amide bonds. The van der Waals surface area contributed by atoms with Crippen molar-refractivity contribution < 1.29 is 0 Å². The predicted molar refractivity (Wildman–Crippen MR) is 66.9 cm³/mol. The molecule has 0 saturated heterocycles. The first kappa shape index (κ1) is 11.6. The van der Waals surface area contributed by atoms with E-state index in [0.717, 1.165) is 22.9 Å². The summed E-state index contributed by atoms with van der Waals surface area (Å²) in [5.74, 6) is 1.67. The Morgan fingerprint density at radius 3 is 2.50 bits per heavy atom. The zero-order valence-corrected chi connectivity index (χ0v) is 10.8. The van der Waals surface area contributed by atoms with Crippen LogP contribution in [0.5, 0.6) is 0 Å². The molecule has 1 fully saturated rings. The normalized spacial score (nSPS) is 18.0. The predicted octanol–water partition coefficient (Wildman–Crippen LogP) is 3.35. The molecule has 1 aliphatic rings. The number of nitrogens with one attached hydrogen (secondary N) is 1. The zero-order chi connectivity index (χ0) is 11.7. The summed E-state index contributed by atoms with van der Waals surface area (Å²) < 4.78 is 0. The topological polar surface area (TPSA) is 37.8 Å². The minimum atomic E-state index is 0.474. The molecule has 1 N–H and O–H groups in total. The molecule has 0 spiro atoms. The van der Waals surface area contributed by atoms with E-state index in [4.69, 9.17) is 11.6 Å². The van der Waals surface area contributed by atoms with Gasteiger partial charge in [-0.2, -0.15) is 0 Å². The average molecular weight is 240 g/mol. The van der Waals surface area contributed by atoms with Crippen molar-refractivity contribution in [3.8, 4) is 0 Å². The Balaban J connectivity index is 2.11. The molecule has 88 valence electrons. The van der Waals surface area contributed by atoms with Crippen LogP contribution in [0.2, 0.25) is 5.15 Å². The highest BCUT2D eigenvalue weighted by Gasteiger charge is 2.24. The van der Waals surface area contributed by atoms with E-state index in [9.17, 15) is 0 Å². The van der Waals surface area contributed by atoms with Gasteiger partial charge in [0.1, 0.15) is 0 Å². The van der Waals surface area contributed by atoms with Crippen molar-refractivity contribution in [2.75, 3.05) is 5.32 Å². The highest BCUT2D eigenvalue weighted by atomic mass is 35.5. The van der Waals surface area contributed by atoms with Crippen LogP contribution in [-0.2, 0) is 0 Å². The number of nitrogens with zero attached hydrogens (tertiary/aromatic N) is 2. The van der Waals surface area contributed by atoms with Gasteiger partial charge in [0.2, 0.25) is 0 Å². The lowest BCUT2D eigenvalue weighted by molar-refractivity contribution is 0.284. The van der Waals surface area contributed by atoms with Crippen LogP contribution in [0.4, 0.5) is 5.82 Å². The maximum absolute atomic E-state index is 5.92. The first-order valence-corrected chi connectivity index (χ1v) is 6.23. The van der Waals surface area contributed by atoms with Crippen LogP contribution in [0.15, 0.2) is 0 Å². The third-order valence-electron chi connectivity index (χ3n) is 3.69. The van der Waals surface area contributed by atoms with E-state index in [0.29, 0.717) is 11.2 Å². The standard InChI is InChI=1S/C12H18ClN3/c1-7-8(2)12(16-15-11(7)13)14-9(3)10-5-4-6-10/h9-10H,4-6H2,1-3H3,(H,14,16). The Morgan fingerprint density at radius 1 is 1.25 bits per heavy atom. The van der Waals surface area contributed by atoms with Gasteiger partial charge in [0.05, 0.1) is 0 Å². The molecule has 3 nitrogen and oxygen atoms in total. The summed E-state index contributed by atoms with van der Waals surface area (Å²) in [4.78, 5) is 0. The average Bonchev–Trinajstić information content (AvgIpc) is 2.16. The smallest absolute Gasteiger partial charge is 0.155 e. The van der Waals surface area contributed by atoms with Gasteiger partial charge in [-0.05, 0) is 50.7 Å². The summed E-state index contributed by atoms with van der Waals surface area (Å²) in [6.07, 6.45) is 4.02. The van der Waals surface area contributed by atoms with E-state index in [1.54, 1.807) is 0 Å². The molecule has 1 atom stereocenters. The highest BCUT2D eigenvalue weighted by molar-refractivity contribution is 6.30. The molecule has 1 heterocycles. The van der Waals surface area contributed by atoms with Crippen LogP contribution in [0, 0.1) is 19.8 Å². The number of hydrogen-bond donors (Lipinski definition) is 1. The Hall–Kier alpha value is -0.830. The Bertz CT molecular complexity index is 388. The van der Waals surface area contributed by atoms with Crippen LogP contribution in [0.1, 0.15) is 37.3 Å². The second kappa shape index (κ2) is 4.58. The highest BCUT2D eigenvalue weighted by Crippen LogP contribution is 2.31. The molecule has 4 heteroatoms. The molecule has 1 aromatic heterocycles. The Kier molecular flexibility index (Phi) is 3.33. The van der Waals surface area contributed by atoms with Gasteiger partial charge in [0.25, 0.3) is 0 Å². The van der Waals surface area contributed by atoms with Crippen LogP contribution in [0.25, 0.3) is 0 Å². The lowest BCUT2D eigenvalue weighted by Crippen LogP contribution is -2.31. The minimum Gasteiger partial charge on any atom is -0.366 e. The number of rotatable bonds is 3. The fourth-order valence-electron chi connectivity index (χ4n) is 1.99. The molecule has 0 aliphatic heterocycles. The molecule has 2 rings (SSSR count). The van der Waals surface area contributed by atoms with Gasteiger partial charge in [0.15, 0.2) is 11.0 Å². The van der Waals surface area contributed by atoms with Gasteiger partial charge in [-0.3, -0.25) is 0 Å². The van der Waals surface area contributed by atoms with E-state index in [1.807, 2.05) is 13.8 Å². The molecule has 1 unspecified atom stereocenters. The van der Waals surface area contributed by atoms with Crippen molar-refractivity contribution in [1.82, 2.24) is 10.2 Å². The third-order valence-corrected chi connectivity index (χ3v) is 4.05. The summed E-state index contributed by atoms with van der Waals surface area (Å²) in [5.41, 5.74) is 2.12. The van der Waals surface area contributed by atoms with Crippen molar-refractivity contribution in [3.05, 3.63) is 16.3 Å². The second-order valence-electron chi connectivity index (χ2n) is 4.71. The van der Waals surface area contributed by atoms with Gasteiger partial charge in [-0.25, -0.2) is 0 Å². The fourth-order valence-corrected chi connectivity index (χ4v) is 2.17. The summed E-state index contributed by atoms with van der Waals surface area (Å²) in [6.45, 7) is 6.23. The first-order chi connectivity index (χ1) is 7.59. The SMILES string of the molecule is Cc1c(Cl)nnc(NC(C)C2CCC2)c1C. The summed E-state index contributed by atoms with van der Waals surface area (Å²) in [5, 5.41) is 12.0. The van der Waals surface area contributed by atoms with Crippen molar-refractivity contribution in [2.24, 2.45) is 5.92 Å². The molecular weight excluding hydrogens is 222 g/mol. The van der Waals surface area contributed by atoms with Crippen molar-refractivity contribution >= 4 is 17.4 Å². The van der Waals surface area contributed by atoms with Crippen LogP contribution >= 0.6 is 11.6 Å². The maximum atomic E-state index is 5.92. The lowest BCUT2D eigenvalue weighted by Gasteiger charge is -2.32. The van der Waals surface area contributed by atoms with Crippen molar-refractivity contribution in [3.63, 3.8) is 0 Å². The summed E-state index contributed by atoms with van der Waals surface area (Å²) >= 11 is 5.92. The number of halogens is 1. The molecule has 0 bridgehead atoms. The van der Waals surface area contributed by atoms with Gasteiger partial charge >= 0.3 is 0 Å². The van der Waals surface area contributed by atoms with Gasteiger partial charge in [0, 0.05) is 6.04 Å². The molecule has 1 aromatic rings. The van der Waals surface area contributed by atoms with Gasteiger partial charge in [-0.1, -0.05) is 18.0 Å². The molecule has 0 aromatic carbocycles. The Morgan fingerprint density at radius 2 is 1.94 bits per heavy atom. The number of aromatic nitrogens is 2. The van der Waals surface area contributed by atoms with E-state index in [-0.39, 0.29) is 0 Å². The number of anilines is 1.